The second-order valence-corrected chi connectivity index (χ2v) is 5.54. The summed E-state index contributed by atoms with van der Waals surface area (Å²) in [5.41, 5.74) is 0.527. The number of rotatable bonds is 3. The van der Waals surface area contributed by atoms with Crippen molar-refractivity contribution >= 4 is 0 Å². The molecule has 1 unspecified atom stereocenters. The molecule has 0 aliphatic heterocycles. The average molecular weight is 199 g/mol. The normalized spacial score (nSPS) is 29.6. The molecule has 2 atom stereocenters. The van der Waals surface area contributed by atoms with E-state index < -0.39 is 0 Å². The lowest BCUT2D eigenvalue weighted by molar-refractivity contribution is 0.234. The molecular weight excluding hydrogens is 174 g/mol. The fourth-order valence-corrected chi connectivity index (χ4v) is 2.28. The van der Waals surface area contributed by atoms with Crippen molar-refractivity contribution in [3.8, 4) is 0 Å². The van der Waals surface area contributed by atoms with E-state index in [1.807, 2.05) is 0 Å². The van der Waals surface area contributed by atoms with Gasteiger partial charge in [-0.25, -0.2) is 0 Å². The lowest BCUT2D eigenvalue weighted by Crippen LogP contribution is -2.38. The van der Waals surface area contributed by atoms with Crippen LogP contribution in [-0.2, 0) is 0 Å². The zero-order valence-electron chi connectivity index (χ0n) is 9.84. The van der Waals surface area contributed by atoms with Crippen molar-refractivity contribution in [2.45, 2.75) is 65.0 Å². The molecule has 1 fully saturated rings. The van der Waals surface area contributed by atoms with E-state index in [9.17, 15) is 0 Å². The van der Waals surface area contributed by atoms with Gasteiger partial charge in [0, 0.05) is 12.1 Å². The first-order valence-corrected chi connectivity index (χ1v) is 5.90. The molecule has 14 heavy (non-hydrogen) atoms. The third-order valence-corrected chi connectivity index (χ3v) is 3.37. The third-order valence-electron chi connectivity index (χ3n) is 3.37. The zero-order valence-corrected chi connectivity index (χ0v) is 9.84. The Morgan fingerprint density at radius 2 is 2.07 bits per heavy atom. The number of hydrogen-bond donors (Lipinski definition) is 2. The summed E-state index contributed by atoms with van der Waals surface area (Å²) in [6.07, 6.45) is 6.51. The minimum absolute atomic E-state index is 0.250. The van der Waals surface area contributed by atoms with Crippen molar-refractivity contribution in [3.05, 3.63) is 0 Å². The Kier molecular flexibility index (Phi) is 4.39. The van der Waals surface area contributed by atoms with Crippen LogP contribution in [-0.4, -0.2) is 23.8 Å². The Morgan fingerprint density at radius 1 is 1.36 bits per heavy atom. The van der Waals surface area contributed by atoms with Crippen molar-refractivity contribution < 1.29 is 5.11 Å². The molecule has 0 bridgehead atoms. The summed E-state index contributed by atoms with van der Waals surface area (Å²) in [5.74, 6) is 0. The van der Waals surface area contributed by atoms with Gasteiger partial charge in [-0.05, 0) is 38.0 Å². The molecule has 0 saturated heterocycles. The van der Waals surface area contributed by atoms with E-state index in [0.29, 0.717) is 11.5 Å². The second-order valence-electron chi connectivity index (χ2n) is 5.54. The van der Waals surface area contributed by atoms with Gasteiger partial charge in [0.25, 0.3) is 0 Å². The molecule has 1 aliphatic rings. The maximum atomic E-state index is 8.98. The van der Waals surface area contributed by atoms with Crippen molar-refractivity contribution in [1.82, 2.24) is 5.32 Å². The largest absolute Gasteiger partial charge is 0.395 e. The van der Waals surface area contributed by atoms with Crippen molar-refractivity contribution in [1.29, 1.82) is 0 Å². The highest BCUT2D eigenvalue weighted by Gasteiger charge is 2.24. The van der Waals surface area contributed by atoms with Gasteiger partial charge in [-0.2, -0.15) is 0 Å². The molecule has 0 amide bonds. The molecular formula is C12H25NO. The van der Waals surface area contributed by atoms with Crippen molar-refractivity contribution in [2.75, 3.05) is 6.61 Å². The van der Waals surface area contributed by atoms with Crippen LogP contribution >= 0.6 is 0 Å². The fourth-order valence-electron chi connectivity index (χ4n) is 2.28. The molecule has 84 valence electrons. The Morgan fingerprint density at radius 3 is 2.71 bits per heavy atom. The Bertz CT molecular complexity index is 168. The molecule has 0 aromatic carbocycles. The molecule has 0 spiro atoms. The molecule has 2 nitrogen and oxygen atoms in total. The highest BCUT2D eigenvalue weighted by atomic mass is 16.3. The van der Waals surface area contributed by atoms with E-state index in [1.165, 1.54) is 32.1 Å². The minimum Gasteiger partial charge on any atom is -0.395 e. The van der Waals surface area contributed by atoms with Crippen LogP contribution in [0.25, 0.3) is 0 Å². The molecule has 0 aromatic heterocycles. The highest BCUT2D eigenvalue weighted by molar-refractivity contribution is 4.80. The summed E-state index contributed by atoms with van der Waals surface area (Å²) in [7, 11) is 0. The summed E-state index contributed by atoms with van der Waals surface area (Å²) in [5, 5.41) is 12.5. The zero-order chi connectivity index (χ0) is 10.6. The molecule has 0 heterocycles. The van der Waals surface area contributed by atoms with Crippen LogP contribution in [0.15, 0.2) is 0 Å². The molecule has 0 aromatic rings. The maximum Gasteiger partial charge on any atom is 0.0582 e. The van der Waals surface area contributed by atoms with E-state index in [1.54, 1.807) is 0 Å². The van der Waals surface area contributed by atoms with Crippen LogP contribution in [0.1, 0.15) is 52.9 Å². The number of aliphatic hydroxyl groups excluding tert-OH is 1. The lowest BCUT2D eigenvalue weighted by Gasteiger charge is -2.23. The third kappa shape index (κ3) is 3.97. The summed E-state index contributed by atoms with van der Waals surface area (Å²) in [4.78, 5) is 0. The molecule has 2 N–H and O–H groups in total. The SMILES string of the molecule is C[C@H](CO)NC1CCCC(C)(C)CC1. The standard InChI is InChI=1S/C12H25NO/c1-10(9-14)13-11-5-4-7-12(2,3)8-6-11/h10-11,13-14H,4-9H2,1-3H3/t10-,11?/m1/s1. The summed E-state index contributed by atoms with van der Waals surface area (Å²) >= 11 is 0. The minimum atomic E-state index is 0.250. The quantitative estimate of drug-likeness (QED) is 0.684. The van der Waals surface area contributed by atoms with Gasteiger partial charge in [-0.3, -0.25) is 0 Å². The monoisotopic (exact) mass is 199 g/mol. The van der Waals surface area contributed by atoms with Gasteiger partial charge in [0.1, 0.15) is 0 Å². The van der Waals surface area contributed by atoms with Gasteiger partial charge in [0.2, 0.25) is 0 Å². The molecule has 1 aliphatic carbocycles. The van der Waals surface area contributed by atoms with Crippen LogP contribution in [0, 0.1) is 5.41 Å². The maximum absolute atomic E-state index is 8.98. The number of nitrogens with one attached hydrogen (secondary N) is 1. The first kappa shape index (κ1) is 12.0. The van der Waals surface area contributed by atoms with E-state index in [0.717, 1.165) is 0 Å². The Labute approximate surface area is 88.1 Å². The van der Waals surface area contributed by atoms with Gasteiger partial charge in [-0.1, -0.05) is 20.3 Å². The van der Waals surface area contributed by atoms with Crippen LogP contribution in [0.3, 0.4) is 0 Å². The van der Waals surface area contributed by atoms with Crippen LogP contribution < -0.4 is 5.32 Å². The van der Waals surface area contributed by atoms with Crippen LogP contribution in [0.4, 0.5) is 0 Å². The first-order chi connectivity index (χ1) is 6.53. The second kappa shape index (κ2) is 5.13. The number of aliphatic hydroxyl groups is 1. The van der Waals surface area contributed by atoms with E-state index in [2.05, 4.69) is 26.1 Å². The fraction of sp³-hybridized carbons (Fsp3) is 1.00. The van der Waals surface area contributed by atoms with E-state index in [4.69, 9.17) is 5.11 Å². The van der Waals surface area contributed by atoms with Gasteiger partial charge < -0.3 is 10.4 Å². The van der Waals surface area contributed by atoms with Gasteiger partial charge in [0.15, 0.2) is 0 Å². The average Bonchev–Trinajstić information content (AvgIpc) is 2.28. The Hall–Kier alpha value is -0.0800. The van der Waals surface area contributed by atoms with Crippen LogP contribution in [0.2, 0.25) is 0 Å². The predicted octanol–water partition coefficient (Wildman–Crippen LogP) is 2.32. The smallest absolute Gasteiger partial charge is 0.0582 e. The van der Waals surface area contributed by atoms with E-state index >= 15 is 0 Å². The summed E-state index contributed by atoms with van der Waals surface area (Å²) in [6, 6.07) is 0.875. The highest BCUT2D eigenvalue weighted by Crippen LogP contribution is 2.33. The van der Waals surface area contributed by atoms with Gasteiger partial charge in [-0.15, -0.1) is 0 Å². The summed E-state index contributed by atoms with van der Waals surface area (Å²) in [6.45, 7) is 7.03. The topological polar surface area (TPSA) is 32.3 Å². The van der Waals surface area contributed by atoms with Crippen molar-refractivity contribution in [3.63, 3.8) is 0 Å². The first-order valence-electron chi connectivity index (χ1n) is 5.90. The van der Waals surface area contributed by atoms with Crippen molar-refractivity contribution in [2.24, 2.45) is 5.41 Å². The predicted molar refractivity (Wildman–Crippen MR) is 60.3 cm³/mol. The molecule has 2 heteroatoms. The number of hydrogen-bond acceptors (Lipinski definition) is 2. The van der Waals surface area contributed by atoms with Gasteiger partial charge >= 0.3 is 0 Å². The molecule has 0 radical (unpaired) electrons. The Balaban J connectivity index is 2.35. The van der Waals surface area contributed by atoms with Gasteiger partial charge in [0.05, 0.1) is 6.61 Å². The molecule has 1 saturated carbocycles. The lowest BCUT2D eigenvalue weighted by atomic mass is 9.85. The summed E-state index contributed by atoms with van der Waals surface area (Å²) < 4.78 is 0. The van der Waals surface area contributed by atoms with Crippen LogP contribution in [0.5, 0.6) is 0 Å². The molecule has 1 rings (SSSR count). The van der Waals surface area contributed by atoms with E-state index in [-0.39, 0.29) is 12.6 Å².